The Hall–Kier alpha value is 0.0649. The minimum atomic E-state index is 1.09. The molecule has 0 aromatic carbocycles. The van der Waals surface area contributed by atoms with Crippen LogP contribution < -0.4 is 0 Å². The fourth-order valence-corrected chi connectivity index (χ4v) is 1.60. The Morgan fingerprint density at radius 3 is 2.12 bits per heavy atom. The van der Waals surface area contributed by atoms with Gasteiger partial charge in [0.05, 0.1) is 0 Å². The van der Waals surface area contributed by atoms with Crippen molar-refractivity contribution in [2.45, 2.75) is 38.4 Å². The van der Waals surface area contributed by atoms with Crippen LogP contribution in [-0.2, 0) is 0 Å². The molecule has 0 bridgehead atoms. The summed E-state index contributed by atoms with van der Waals surface area (Å²) in [6, 6.07) is 0. The van der Waals surface area contributed by atoms with Crippen LogP contribution in [0.2, 0.25) is 6.32 Å². The fourth-order valence-electron chi connectivity index (χ4n) is 1.60. The van der Waals surface area contributed by atoms with E-state index in [1.807, 2.05) is 0 Å². The van der Waals surface area contributed by atoms with Crippen molar-refractivity contribution in [3.63, 3.8) is 0 Å². The maximum atomic E-state index is 2.32. The zero-order chi connectivity index (χ0) is 5.82. The van der Waals surface area contributed by atoms with Crippen molar-refractivity contribution in [2.24, 2.45) is 5.92 Å². The molecule has 1 fully saturated rings. The molecule has 0 spiro atoms. The lowest BCUT2D eigenvalue weighted by Crippen LogP contribution is -2.04. The zero-order valence-electron chi connectivity index (χ0n) is 5.82. The summed E-state index contributed by atoms with van der Waals surface area (Å²) in [5, 5.41) is 0. The molecule has 46 valence electrons. The molecule has 0 aliphatic heterocycles. The van der Waals surface area contributed by atoms with Crippen molar-refractivity contribution in [3.8, 4) is 0 Å². The van der Waals surface area contributed by atoms with E-state index in [1.165, 1.54) is 38.4 Å². The topological polar surface area (TPSA) is 0 Å². The highest BCUT2D eigenvalue weighted by Gasteiger charge is 2.09. The molecule has 0 heterocycles. The normalized spacial score (nSPS) is 23.5. The molecule has 0 radical (unpaired) electrons. The third-order valence-corrected chi connectivity index (χ3v) is 2.30. The van der Waals surface area contributed by atoms with Gasteiger partial charge < -0.3 is 0 Å². The molecular weight excluding hydrogens is 94.9 g/mol. The van der Waals surface area contributed by atoms with Crippen molar-refractivity contribution in [3.05, 3.63) is 0 Å². The van der Waals surface area contributed by atoms with Crippen LogP contribution >= 0.6 is 0 Å². The summed E-state index contributed by atoms with van der Waals surface area (Å²) in [7, 11) is 2.32. The summed E-state index contributed by atoms with van der Waals surface area (Å²) in [4.78, 5) is 0. The monoisotopic (exact) mass is 110 g/mol. The van der Waals surface area contributed by atoms with Crippen LogP contribution in [0.25, 0.3) is 0 Å². The third kappa shape index (κ3) is 1.54. The standard InChI is InChI=1S/C7H15B/c8-6-7-4-2-1-3-5-7/h7H,1-6,8H2. The van der Waals surface area contributed by atoms with E-state index < -0.39 is 0 Å². The van der Waals surface area contributed by atoms with Crippen LogP contribution in [0.4, 0.5) is 0 Å². The van der Waals surface area contributed by atoms with Gasteiger partial charge in [-0.2, -0.15) is 0 Å². The number of rotatable bonds is 1. The SMILES string of the molecule is BCC1CCCCC1. The van der Waals surface area contributed by atoms with Gasteiger partial charge in [0.1, 0.15) is 7.85 Å². The van der Waals surface area contributed by atoms with E-state index in [0.29, 0.717) is 0 Å². The van der Waals surface area contributed by atoms with Crippen LogP contribution in [0.3, 0.4) is 0 Å². The quantitative estimate of drug-likeness (QED) is 0.450. The van der Waals surface area contributed by atoms with E-state index >= 15 is 0 Å². The van der Waals surface area contributed by atoms with Gasteiger partial charge in [0.25, 0.3) is 0 Å². The Morgan fingerprint density at radius 2 is 1.75 bits per heavy atom. The van der Waals surface area contributed by atoms with Crippen LogP contribution in [0.1, 0.15) is 32.1 Å². The molecule has 0 saturated heterocycles. The van der Waals surface area contributed by atoms with E-state index in [2.05, 4.69) is 7.85 Å². The van der Waals surface area contributed by atoms with Crippen LogP contribution in [0, 0.1) is 5.92 Å². The van der Waals surface area contributed by atoms with Gasteiger partial charge in [0, 0.05) is 0 Å². The average molecular weight is 110 g/mol. The molecule has 1 aliphatic carbocycles. The molecule has 8 heavy (non-hydrogen) atoms. The van der Waals surface area contributed by atoms with Gasteiger partial charge in [-0.25, -0.2) is 0 Å². The molecule has 0 atom stereocenters. The van der Waals surface area contributed by atoms with Crippen LogP contribution in [0.5, 0.6) is 0 Å². The summed E-state index contributed by atoms with van der Waals surface area (Å²) in [6.07, 6.45) is 8.93. The highest BCUT2D eigenvalue weighted by atomic mass is 14.1. The largest absolute Gasteiger partial charge is 0.101 e. The smallest absolute Gasteiger partial charge is 0.0783 e. The lowest BCUT2D eigenvalue weighted by atomic mass is 9.80. The molecule has 1 aliphatic rings. The van der Waals surface area contributed by atoms with E-state index in [9.17, 15) is 0 Å². The van der Waals surface area contributed by atoms with Gasteiger partial charge in [0.15, 0.2) is 0 Å². The first kappa shape index (κ1) is 6.19. The maximum absolute atomic E-state index is 2.32. The van der Waals surface area contributed by atoms with E-state index in [0.717, 1.165) is 5.92 Å². The molecule has 1 saturated carbocycles. The number of hydrogen-bond acceptors (Lipinski definition) is 0. The Morgan fingerprint density at radius 1 is 1.12 bits per heavy atom. The second-order valence-corrected chi connectivity index (χ2v) is 2.91. The van der Waals surface area contributed by atoms with Crippen molar-refractivity contribution in [2.75, 3.05) is 0 Å². The summed E-state index contributed by atoms with van der Waals surface area (Å²) >= 11 is 0. The van der Waals surface area contributed by atoms with Gasteiger partial charge in [0.2, 0.25) is 0 Å². The summed E-state index contributed by atoms with van der Waals surface area (Å²) in [5.41, 5.74) is 0. The Labute approximate surface area is 53.1 Å². The lowest BCUT2D eigenvalue weighted by Gasteiger charge is -2.19. The van der Waals surface area contributed by atoms with Gasteiger partial charge in [-0.3, -0.25) is 0 Å². The van der Waals surface area contributed by atoms with E-state index in [4.69, 9.17) is 0 Å². The van der Waals surface area contributed by atoms with E-state index in [-0.39, 0.29) is 0 Å². The zero-order valence-corrected chi connectivity index (χ0v) is 5.82. The van der Waals surface area contributed by atoms with Crippen molar-refractivity contribution in [1.82, 2.24) is 0 Å². The molecule has 0 nitrogen and oxygen atoms in total. The maximum Gasteiger partial charge on any atom is 0.101 e. The predicted molar refractivity (Wildman–Crippen MR) is 39.9 cm³/mol. The summed E-state index contributed by atoms with van der Waals surface area (Å²) in [6.45, 7) is 0. The Balaban J connectivity index is 2.13. The van der Waals surface area contributed by atoms with Crippen LogP contribution in [0.15, 0.2) is 0 Å². The first-order chi connectivity index (χ1) is 3.93. The Kier molecular flexibility index (Phi) is 2.45. The van der Waals surface area contributed by atoms with Crippen molar-refractivity contribution in [1.29, 1.82) is 0 Å². The second kappa shape index (κ2) is 3.16. The lowest BCUT2D eigenvalue weighted by molar-refractivity contribution is 0.385. The van der Waals surface area contributed by atoms with Gasteiger partial charge >= 0.3 is 0 Å². The molecule has 1 heteroatoms. The predicted octanol–water partition coefficient (Wildman–Crippen LogP) is 1.62. The van der Waals surface area contributed by atoms with Gasteiger partial charge in [-0.05, 0) is 5.92 Å². The summed E-state index contributed by atoms with van der Waals surface area (Å²) in [5.74, 6) is 1.09. The minimum Gasteiger partial charge on any atom is -0.0783 e. The Bertz CT molecular complexity index is 55.4. The van der Waals surface area contributed by atoms with E-state index in [1.54, 1.807) is 0 Å². The summed E-state index contributed by atoms with van der Waals surface area (Å²) < 4.78 is 0. The van der Waals surface area contributed by atoms with Gasteiger partial charge in [-0.15, -0.1) is 0 Å². The molecule has 0 amide bonds. The fraction of sp³-hybridized carbons (Fsp3) is 1.00. The molecule has 0 aromatic heterocycles. The molecule has 0 unspecified atom stereocenters. The average Bonchev–Trinajstić information content (AvgIpc) is 1.90. The second-order valence-electron chi connectivity index (χ2n) is 2.91. The first-order valence-electron chi connectivity index (χ1n) is 3.93. The van der Waals surface area contributed by atoms with Crippen LogP contribution in [-0.4, -0.2) is 7.85 Å². The molecule has 0 N–H and O–H groups in total. The molecule has 1 rings (SSSR count). The highest BCUT2D eigenvalue weighted by molar-refractivity contribution is 6.08. The highest BCUT2D eigenvalue weighted by Crippen LogP contribution is 2.25. The van der Waals surface area contributed by atoms with Crippen molar-refractivity contribution >= 4 is 7.85 Å². The molecule has 0 aromatic rings. The third-order valence-electron chi connectivity index (χ3n) is 2.30. The van der Waals surface area contributed by atoms with Crippen molar-refractivity contribution < 1.29 is 0 Å². The first-order valence-corrected chi connectivity index (χ1v) is 3.93. The number of hydrogen-bond donors (Lipinski definition) is 0. The van der Waals surface area contributed by atoms with Gasteiger partial charge in [-0.1, -0.05) is 38.4 Å². The minimum absolute atomic E-state index is 1.09. The molecular formula is C7H15B.